The van der Waals surface area contributed by atoms with Crippen LogP contribution in [-0.2, 0) is 0 Å². The second-order valence-corrected chi connectivity index (χ2v) is 8.16. The van der Waals surface area contributed by atoms with E-state index in [1.54, 1.807) is 0 Å². The molecule has 2 heterocycles. The number of ketones is 1. The number of nitrogens with one attached hydrogen (secondary N) is 1. The Kier molecular flexibility index (Phi) is 5.81. The lowest BCUT2D eigenvalue weighted by Crippen LogP contribution is -2.48. The second-order valence-electron chi connectivity index (χ2n) is 7.77. The van der Waals surface area contributed by atoms with Crippen LogP contribution in [0.25, 0.3) is 0 Å². The number of ether oxygens (including phenoxy) is 2. The number of benzene rings is 1. The zero-order chi connectivity index (χ0) is 18.6. The summed E-state index contributed by atoms with van der Waals surface area (Å²) in [6, 6.07) is 6.07. The van der Waals surface area contributed by atoms with E-state index >= 15 is 0 Å². The summed E-state index contributed by atoms with van der Waals surface area (Å²) in [5.41, 5.74) is 0.723. The molecule has 2 aliphatic heterocycles. The van der Waals surface area contributed by atoms with Crippen LogP contribution in [0.4, 0.5) is 0 Å². The quantitative estimate of drug-likeness (QED) is 0.631. The maximum absolute atomic E-state index is 12.9. The number of hydrogen-bond donors (Lipinski definition) is 1. The fourth-order valence-corrected chi connectivity index (χ4v) is 4.64. The molecule has 1 N–H and O–H groups in total. The summed E-state index contributed by atoms with van der Waals surface area (Å²) < 4.78 is 11.2. The highest BCUT2D eigenvalue weighted by Crippen LogP contribution is 2.32. The first-order valence-corrected chi connectivity index (χ1v) is 10.6. The van der Waals surface area contributed by atoms with Crippen molar-refractivity contribution in [2.24, 2.45) is 5.92 Å². The fourth-order valence-electron chi connectivity index (χ4n) is 4.29. The number of carbonyl (C=O) groups is 1. The Hall–Kier alpha value is -1.82. The zero-order valence-electron chi connectivity index (χ0n) is 15.7. The maximum Gasteiger partial charge on any atom is 0.169 e. The molecule has 4 rings (SSSR count). The molecule has 5 nitrogen and oxygen atoms in total. The molecule has 6 heteroatoms. The van der Waals surface area contributed by atoms with Crippen LogP contribution < -0.4 is 14.8 Å². The van der Waals surface area contributed by atoms with Gasteiger partial charge in [0.25, 0.3) is 0 Å². The SMILES string of the molecule is O=C(c1ccc2c(c1)OCCO2)C1CCN(C(=S)NC2CCCCC2)CC1. The molecule has 2 fully saturated rings. The number of Topliss-reactive ketones (excluding diaryl/α,β-unsaturated/α-hetero) is 1. The number of hydrogen-bond acceptors (Lipinski definition) is 4. The highest BCUT2D eigenvalue weighted by molar-refractivity contribution is 7.80. The smallest absolute Gasteiger partial charge is 0.169 e. The monoisotopic (exact) mass is 388 g/mol. The van der Waals surface area contributed by atoms with Gasteiger partial charge < -0.3 is 19.7 Å². The molecule has 1 saturated carbocycles. The summed E-state index contributed by atoms with van der Waals surface area (Å²) >= 11 is 5.62. The Balaban J connectivity index is 1.30. The van der Waals surface area contributed by atoms with Crippen molar-refractivity contribution in [3.05, 3.63) is 23.8 Å². The van der Waals surface area contributed by atoms with Gasteiger partial charge in [-0.15, -0.1) is 0 Å². The molecule has 3 aliphatic rings. The molecule has 1 saturated heterocycles. The lowest BCUT2D eigenvalue weighted by atomic mass is 9.89. The van der Waals surface area contributed by atoms with Crippen LogP contribution in [0.1, 0.15) is 55.3 Å². The number of likely N-dealkylation sites (tertiary alicyclic amines) is 1. The zero-order valence-corrected chi connectivity index (χ0v) is 16.6. The molecule has 0 bridgehead atoms. The van der Waals surface area contributed by atoms with Crippen molar-refractivity contribution in [3.8, 4) is 11.5 Å². The normalized spacial score (nSPS) is 21.0. The first-order chi connectivity index (χ1) is 13.2. The standard InChI is InChI=1S/C21H28N2O3S/c24-20(16-6-7-18-19(14-16)26-13-12-25-18)15-8-10-23(11-9-15)21(27)22-17-4-2-1-3-5-17/h6-7,14-15,17H,1-5,8-13H2,(H,22,27). The molecular formula is C21H28N2O3S. The first-order valence-electron chi connectivity index (χ1n) is 10.2. The van der Waals surface area contributed by atoms with E-state index in [2.05, 4.69) is 10.2 Å². The van der Waals surface area contributed by atoms with E-state index in [4.69, 9.17) is 21.7 Å². The minimum Gasteiger partial charge on any atom is -0.486 e. The molecule has 1 aromatic rings. The van der Waals surface area contributed by atoms with Crippen molar-refractivity contribution >= 4 is 23.1 Å². The largest absolute Gasteiger partial charge is 0.486 e. The summed E-state index contributed by atoms with van der Waals surface area (Å²) in [7, 11) is 0. The highest BCUT2D eigenvalue weighted by Gasteiger charge is 2.28. The minimum atomic E-state index is 0.0567. The second kappa shape index (κ2) is 8.46. The molecule has 1 aromatic carbocycles. The number of nitrogens with zero attached hydrogens (tertiary/aromatic N) is 1. The lowest BCUT2D eigenvalue weighted by Gasteiger charge is -2.35. The van der Waals surface area contributed by atoms with Crippen LogP contribution in [0, 0.1) is 5.92 Å². The Morgan fingerprint density at radius 3 is 2.44 bits per heavy atom. The van der Waals surface area contributed by atoms with Gasteiger partial charge in [-0.3, -0.25) is 4.79 Å². The van der Waals surface area contributed by atoms with Crippen LogP contribution in [0.3, 0.4) is 0 Å². The van der Waals surface area contributed by atoms with E-state index in [0.717, 1.165) is 42.4 Å². The van der Waals surface area contributed by atoms with Gasteiger partial charge in [-0.2, -0.15) is 0 Å². The first kappa shape index (κ1) is 18.5. The summed E-state index contributed by atoms with van der Waals surface area (Å²) in [5, 5.41) is 4.41. The van der Waals surface area contributed by atoms with Gasteiger partial charge in [-0.05, 0) is 56.1 Å². The van der Waals surface area contributed by atoms with Crippen LogP contribution in [0.15, 0.2) is 18.2 Å². The molecule has 0 spiro atoms. The van der Waals surface area contributed by atoms with E-state index in [-0.39, 0.29) is 11.7 Å². The van der Waals surface area contributed by atoms with Gasteiger partial charge in [0.1, 0.15) is 13.2 Å². The molecule has 0 aromatic heterocycles. The van der Waals surface area contributed by atoms with Crippen LogP contribution in [0.5, 0.6) is 11.5 Å². The fraction of sp³-hybridized carbons (Fsp3) is 0.619. The van der Waals surface area contributed by atoms with Crippen molar-refractivity contribution in [2.45, 2.75) is 51.0 Å². The third kappa shape index (κ3) is 4.37. The molecule has 1 aliphatic carbocycles. The predicted octanol–water partition coefficient (Wildman–Crippen LogP) is 3.56. The van der Waals surface area contributed by atoms with Crippen LogP contribution in [0.2, 0.25) is 0 Å². The Bertz CT molecular complexity index is 695. The average molecular weight is 389 g/mol. The minimum absolute atomic E-state index is 0.0567. The van der Waals surface area contributed by atoms with Crippen molar-refractivity contribution in [3.63, 3.8) is 0 Å². The van der Waals surface area contributed by atoms with E-state index in [1.807, 2.05) is 18.2 Å². The van der Waals surface area contributed by atoms with Gasteiger partial charge in [0.05, 0.1) is 0 Å². The van der Waals surface area contributed by atoms with E-state index in [1.165, 1.54) is 32.1 Å². The topological polar surface area (TPSA) is 50.8 Å². The number of piperidine rings is 1. The van der Waals surface area contributed by atoms with Gasteiger partial charge >= 0.3 is 0 Å². The van der Waals surface area contributed by atoms with E-state index < -0.39 is 0 Å². The predicted molar refractivity (Wildman–Crippen MR) is 109 cm³/mol. The summed E-state index contributed by atoms with van der Waals surface area (Å²) in [5.74, 6) is 1.67. The van der Waals surface area contributed by atoms with E-state index in [0.29, 0.717) is 25.0 Å². The molecule has 0 unspecified atom stereocenters. The number of carbonyl (C=O) groups excluding carboxylic acids is 1. The summed E-state index contributed by atoms with van der Waals surface area (Å²) in [6.45, 7) is 2.79. The van der Waals surface area contributed by atoms with Crippen molar-refractivity contribution in [1.29, 1.82) is 0 Å². The van der Waals surface area contributed by atoms with Crippen molar-refractivity contribution < 1.29 is 14.3 Å². The van der Waals surface area contributed by atoms with Crippen molar-refractivity contribution in [2.75, 3.05) is 26.3 Å². The van der Waals surface area contributed by atoms with Crippen LogP contribution >= 0.6 is 12.2 Å². The van der Waals surface area contributed by atoms with Crippen molar-refractivity contribution in [1.82, 2.24) is 10.2 Å². The summed E-state index contributed by atoms with van der Waals surface area (Å²) in [6.07, 6.45) is 8.08. The molecule has 0 radical (unpaired) electrons. The van der Waals surface area contributed by atoms with Crippen LogP contribution in [-0.4, -0.2) is 48.1 Å². The lowest BCUT2D eigenvalue weighted by molar-refractivity contribution is 0.0870. The third-order valence-corrected chi connectivity index (χ3v) is 6.29. The number of fused-ring (bicyclic) bond motifs is 1. The Morgan fingerprint density at radius 1 is 1.00 bits per heavy atom. The maximum atomic E-state index is 12.9. The molecular weight excluding hydrogens is 360 g/mol. The molecule has 146 valence electrons. The number of thiocarbonyl (C=S) groups is 1. The molecule has 0 amide bonds. The van der Waals surface area contributed by atoms with Gasteiger partial charge in [-0.1, -0.05) is 19.3 Å². The molecule has 0 atom stereocenters. The van der Waals surface area contributed by atoms with Gasteiger partial charge in [0.2, 0.25) is 0 Å². The van der Waals surface area contributed by atoms with E-state index in [9.17, 15) is 4.79 Å². The third-order valence-electron chi connectivity index (χ3n) is 5.91. The molecule has 27 heavy (non-hydrogen) atoms. The van der Waals surface area contributed by atoms with Gasteiger partial charge in [0, 0.05) is 30.6 Å². The highest BCUT2D eigenvalue weighted by atomic mass is 32.1. The number of rotatable bonds is 3. The Morgan fingerprint density at radius 2 is 1.70 bits per heavy atom. The van der Waals surface area contributed by atoms with Gasteiger partial charge in [0.15, 0.2) is 22.4 Å². The Labute approximate surface area is 166 Å². The summed E-state index contributed by atoms with van der Waals surface area (Å²) in [4.78, 5) is 15.1. The average Bonchev–Trinajstić information content (AvgIpc) is 2.73. The van der Waals surface area contributed by atoms with Gasteiger partial charge in [-0.25, -0.2) is 0 Å².